The smallest absolute Gasteiger partial charge is 0.0757 e. The van der Waals surface area contributed by atoms with Crippen LogP contribution in [-0.4, -0.2) is 39.4 Å². The Kier molecular flexibility index (Phi) is 2.94. The molecule has 1 aromatic heterocycles. The van der Waals surface area contributed by atoms with Crippen molar-refractivity contribution in [2.24, 2.45) is 0 Å². The molecular formula is C14H23N3O. The Morgan fingerprint density at radius 1 is 1.50 bits per heavy atom. The largest absolute Gasteiger partial charge is 0.369 e. The summed E-state index contributed by atoms with van der Waals surface area (Å²) in [5, 5.41) is 7.16. The molecule has 4 nitrogen and oxygen atoms in total. The molecule has 1 saturated heterocycles. The summed E-state index contributed by atoms with van der Waals surface area (Å²) in [4.78, 5) is 2.60. The Labute approximate surface area is 109 Å². The molecule has 1 aliphatic heterocycles. The third kappa shape index (κ3) is 2.19. The highest BCUT2D eigenvalue weighted by molar-refractivity contribution is 5.15. The molecule has 1 N–H and O–H groups in total. The van der Waals surface area contributed by atoms with Crippen LogP contribution in [0.3, 0.4) is 0 Å². The van der Waals surface area contributed by atoms with Gasteiger partial charge >= 0.3 is 0 Å². The number of hydrogen-bond acceptors (Lipinski definition) is 3. The highest BCUT2D eigenvalue weighted by atomic mass is 16.5. The van der Waals surface area contributed by atoms with E-state index in [1.165, 1.54) is 30.5 Å². The van der Waals surface area contributed by atoms with Gasteiger partial charge in [0.05, 0.1) is 17.9 Å². The van der Waals surface area contributed by atoms with Crippen LogP contribution in [0.2, 0.25) is 0 Å². The lowest BCUT2D eigenvalue weighted by molar-refractivity contribution is -0.156. The highest BCUT2D eigenvalue weighted by Gasteiger charge is 2.43. The SMILES string of the molecule is Cc1[nH]ncc1CN1CC(C)(C)O[C@@H]2CCC[C@H]21. The van der Waals surface area contributed by atoms with Gasteiger partial charge in [0.2, 0.25) is 0 Å². The lowest BCUT2D eigenvalue weighted by Crippen LogP contribution is -2.56. The van der Waals surface area contributed by atoms with Gasteiger partial charge in [0.25, 0.3) is 0 Å². The molecule has 2 aliphatic rings. The molecule has 1 aliphatic carbocycles. The summed E-state index contributed by atoms with van der Waals surface area (Å²) < 4.78 is 6.21. The Morgan fingerprint density at radius 2 is 2.33 bits per heavy atom. The number of nitrogens with zero attached hydrogens (tertiary/aromatic N) is 2. The zero-order chi connectivity index (χ0) is 12.8. The van der Waals surface area contributed by atoms with Gasteiger partial charge in [0, 0.05) is 30.4 Å². The Morgan fingerprint density at radius 3 is 3.06 bits per heavy atom. The molecule has 2 atom stereocenters. The van der Waals surface area contributed by atoms with Gasteiger partial charge in [-0.1, -0.05) is 0 Å². The summed E-state index contributed by atoms with van der Waals surface area (Å²) in [6, 6.07) is 0.604. The van der Waals surface area contributed by atoms with Gasteiger partial charge < -0.3 is 4.74 Å². The third-order valence-electron chi connectivity index (χ3n) is 4.25. The number of nitrogens with one attached hydrogen (secondary N) is 1. The normalized spacial score (nSPS) is 31.5. The summed E-state index contributed by atoms with van der Waals surface area (Å²) in [5.74, 6) is 0. The predicted molar refractivity (Wildman–Crippen MR) is 70.3 cm³/mol. The number of aromatic nitrogens is 2. The quantitative estimate of drug-likeness (QED) is 0.874. The number of aryl methyl sites for hydroxylation is 1. The summed E-state index contributed by atoms with van der Waals surface area (Å²) >= 11 is 0. The predicted octanol–water partition coefficient (Wildman–Crippen LogP) is 2.25. The minimum atomic E-state index is -0.0247. The molecule has 4 heteroatoms. The van der Waals surface area contributed by atoms with Crippen LogP contribution >= 0.6 is 0 Å². The molecule has 3 rings (SSSR count). The van der Waals surface area contributed by atoms with E-state index in [1.54, 1.807) is 0 Å². The molecule has 0 spiro atoms. The van der Waals surface area contributed by atoms with E-state index in [1.807, 2.05) is 6.20 Å². The molecule has 1 aromatic rings. The second-order valence-corrected chi connectivity index (χ2v) is 6.34. The zero-order valence-electron chi connectivity index (χ0n) is 11.6. The first-order valence-electron chi connectivity index (χ1n) is 6.96. The second-order valence-electron chi connectivity index (χ2n) is 6.34. The van der Waals surface area contributed by atoms with E-state index in [0.29, 0.717) is 12.1 Å². The van der Waals surface area contributed by atoms with Gasteiger partial charge in [-0.25, -0.2) is 0 Å². The van der Waals surface area contributed by atoms with Crippen LogP contribution in [0, 0.1) is 6.92 Å². The first-order chi connectivity index (χ1) is 8.55. The maximum absolute atomic E-state index is 6.21. The number of hydrogen-bond donors (Lipinski definition) is 1. The maximum atomic E-state index is 6.21. The van der Waals surface area contributed by atoms with E-state index in [0.717, 1.165) is 13.1 Å². The van der Waals surface area contributed by atoms with Crippen molar-refractivity contribution in [3.05, 3.63) is 17.5 Å². The number of aromatic amines is 1. The molecule has 1 saturated carbocycles. The Balaban J connectivity index is 1.79. The van der Waals surface area contributed by atoms with E-state index in [-0.39, 0.29) is 5.60 Å². The van der Waals surface area contributed by atoms with E-state index in [4.69, 9.17) is 4.74 Å². The van der Waals surface area contributed by atoms with Crippen molar-refractivity contribution in [2.75, 3.05) is 6.54 Å². The van der Waals surface area contributed by atoms with Gasteiger partial charge in [-0.15, -0.1) is 0 Å². The van der Waals surface area contributed by atoms with E-state index >= 15 is 0 Å². The van der Waals surface area contributed by atoms with Crippen molar-refractivity contribution < 1.29 is 4.74 Å². The topological polar surface area (TPSA) is 41.2 Å². The van der Waals surface area contributed by atoms with Crippen molar-refractivity contribution >= 4 is 0 Å². The number of H-pyrrole nitrogens is 1. The fourth-order valence-corrected chi connectivity index (χ4v) is 3.44. The van der Waals surface area contributed by atoms with Gasteiger partial charge in [-0.05, 0) is 40.0 Å². The number of ether oxygens (including phenoxy) is 1. The fourth-order valence-electron chi connectivity index (χ4n) is 3.44. The van der Waals surface area contributed by atoms with Gasteiger partial charge in [0.1, 0.15) is 0 Å². The molecule has 100 valence electrons. The van der Waals surface area contributed by atoms with Crippen LogP contribution in [-0.2, 0) is 11.3 Å². The highest BCUT2D eigenvalue weighted by Crippen LogP contribution is 2.36. The number of fused-ring (bicyclic) bond motifs is 1. The van der Waals surface area contributed by atoms with Crippen LogP contribution in [0.1, 0.15) is 44.4 Å². The van der Waals surface area contributed by atoms with Crippen LogP contribution in [0.4, 0.5) is 0 Å². The van der Waals surface area contributed by atoms with Crippen LogP contribution in [0.25, 0.3) is 0 Å². The molecule has 0 bridgehead atoms. The molecule has 0 radical (unpaired) electrons. The number of rotatable bonds is 2. The maximum Gasteiger partial charge on any atom is 0.0757 e. The summed E-state index contributed by atoms with van der Waals surface area (Å²) in [5.41, 5.74) is 2.48. The lowest BCUT2D eigenvalue weighted by atomic mass is 10.00. The molecule has 0 unspecified atom stereocenters. The minimum Gasteiger partial charge on any atom is -0.369 e. The summed E-state index contributed by atoms with van der Waals surface area (Å²) in [6.45, 7) is 8.52. The first-order valence-corrected chi connectivity index (χ1v) is 6.96. The zero-order valence-corrected chi connectivity index (χ0v) is 11.6. The molecule has 0 aromatic carbocycles. The Hall–Kier alpha value is -0.870. The van der Waals surface area contributed by atoms with Crippen molar-refractivity contribution in [3.8, 4) is 0 Å². The fraction of sp³-hybridized carbons (Fsp3) is 0.786. The van der Waals surface area contributed by atoms with Crippen molar-refractivity contribution in [3.63, 3.8) is 0 Å². The molecule has 18 heavy (non-hydrogen) atoms. The van der Waals surface area contributed by atoms with Crippen molar-refractivity contribution in [1.82, 2.24) is 15.1 Å². The van der Waals surface area contributed by atoms with E-state index in [9.17, 15) is 0 Å². The molecular weight excluding hydrogens is 226 g/mol. The lowest BCUT2D eigenvalue weighted by Gasteiger charge is -2.46. The molecule has 0 amide bonds. The third-order valence-corrected chi connectivity index (χ3v) is 4.25. The van der Waals surface area contributed by atoms with Crippen molar-refractivity contribution in [2.45, 2.75) is 64.3 Å². The van der Waals surface area contributed by atoms with Crippen LogP contribution in [0.15, 0.2) is 6.20 Å². The second kappa shape index (κ2) is 4.35. The van der Waals surface area contributed by atoms with E-state index < -0.39 is 0 Å². The summed E-state index contributed by atoms with van der Waals surface area (Å²) in [7, 11) is 0. The van der Waals surface area contributed by atoms with Gasteiger partial charge in [-0.3, -0.25) is 10.00 Å². The van der Waals surface area contributed by atoms with Gasteiger partial charge in [-0.2, -0.15) is 5.10 Å². The summed E-state index contributed by atoms with van der Waals surface area (Å²) in [6.07, 6.45) is 6.18. The minimum absolute atomic E-state index is 0.0247. The molecule has 2 fully saturated rings. The van der Waals surface area contributed by atoms with Crippen molar-refractivity contribution in [1.29, 1.82) is 0 Å². The average molecular weight is 249 g/mol. The average Bonchev–Trinajstić information content (AvgIpc) is 2.87. The standard InChI is InChI=1S/C14H23N3O/c1-10-11(7-15-16-10)8-17-9-14(2,3)18-13-6-4-5-12(13)17/h7,12-13H,4-6,8-9H2,1-3H3,(H,15,16)/t12-,13-/m1/s1. The first kappa shape index (κ1) is 12.2. The molecule has 2 heterocycles. The monoisotopic (exact) mass is 249 g/mol. The van der Waals surface area contributed by atoms with E-state index in [2.05, 4.69) is 35.9 Å². The Bertz CT molecular complexity index is 426. The number of morpholine rings is 1. The van der Waals surface area contributed by atoms with Gasteiger partial charge in [0.15, 0.2) is 0 Å². The van der Waals surface area contributed by atoms with Crippen LogP contribution < -0.4 is 0 Å². The van der Waals surface area contributed by atoms with Crippen LogP contribution in [0.5, 0.6) is 0 Å².